The Morgan fingerprint density at radius 3 is 2.67 bits per heavy atom. The fraction of sp³-hybridized carbons (Fsp3) is 0.167. The summed E-state index contributed by atoms with van der Waals surface area (Å²) in [6.07, 6.45) is 1.55. The minimum Gasteiger partial charge on any atom is -0.423 e. The van der Waals surface area contributed by atoms with Crippen LogP contribution in [0.15, 0.2) is 16.7 Å². The highest BCUT2D eigenvalue weighted by Crippen LogP contribution is 2.07. The van der Waals surface area contributed by atoms with Crippen LogP contribution < -0.4 is 11.2 Å². The highest BCUT2D eigenvalue weighted by atomic mass is 79.9. The van der Waals surface area contributed by atoms with Gasteiger partial charge in [-0.15, -0.1) is 0 Å². The lowest BCUT2D eigenvalue weighted by Gasteiger charge is -2.06. The summed E-state index contributed by atoms with van der Waals surface area (Å²) in [6, 6.07) is 1.63. The second-order valence-corrected chi connectivity index (χ2v) is 3.09. The third-order valence-corrected chi connectivity index (χ3v) is 2.16. The molecule has 0 aliphatic heterocycles. The molecule has 0 unspecified atom stereocenters. The summed E-state index contributed by atoms with van der Waals surface area (Å²) >= 11 is 3.17. The largest absolute Gasteiger partial charge is 0.491 e. The van der Waals surface area contributed by atoms with E-state index in [1.807, 2.05) is 0 Å². The van der Waals surface area contributed by atoms with Crippen LogP contribution in [0, 0.1) is 0 Å². The molecule has 12 heavy (non-hydrogen) atoms. The molecule has 0 saturated heterocycles. The van der Waals surface area contributed by atoms with Gasteiger partial charge in [0.1, 0.15) is 0 Å². The molecular weight excluding hydrogens is 223 g/mol. The molecule has 0 fully saturated rings. The van der Waals surface area contributed by atoms with Gasteiger partial charge >= 0.3 is 7.12 Å². The van der Waals surface area contributed by atoms with E-state index in [0.29, 0.717) is 15.6 Å². The maximum atomic E-state index is 8.95. The van der Waals surface area contributed by atoms with E-state index in [1.165, 1.54) is 0 Å². The molecule has 0 spiro atoms. The van der Waals surface area contributed by atoms with E-state index >= 15 is 0 Å². The van der Waals surface area contributed by atoms with E-state index in [9.17, 15) is 0 Å². The predicted molar refractivity (Wildman–Crippen MR) is 49.7 cm³/mol. The van der Waals surface area contributed by atoms with E-state index in [4.69, 9.17) is 15.8 Å². The average Bonchev–Trinajstić information content (AvgIpc) is 2.03. The Hall–Kier alpha value is -0.425. The zero-order valence-corrected chi connectivity index (χ0v) is 7.82. The maximum Gasteiger partial charge on any atom is 0.491 e. The molecule has 0 aliphatic carbocycles. The molecule has 1 rings (SSSR count). The second kappa shape index (κ2) is 4.00. The molecule has 64 valence electrons. The van der Waals surface area contributed by atoms with Gasteiger partial charge in [0.2, 0.25) is 0 Å². The second-order valence-electron chi connectivity index (χ2n) is 2.23. The highest BCUT2D eigenvalue weighted by molar-refractivity contribution is 9.10. The van der Waals surface area contributed by atoms with Crippen LogP contribution in [0.4, 0.5) is 0 Å². The smallest absolute Gasteiger partial charge is 0.423 e. The van der Waals surface area contributed by atoms with Crippen molar-refractivity contribution in [3.05, 3.63) is 22.4 Å². The van der Waals surface area contributed by atoms with Crippen molar-refractivity contribution in [2.45, 2.75) is 6.54 Å². The standard InChI is InChI=1S/C6H8BBrN2O2/c8-4-1-2-10-5(3-9)6(4)7(11)12/h1-2,11-12H,3,9H2. The molecule has 0 bridgehead atoms. The highest BCUT2D eigenvalue weighted by Gasteiger charge is 2.19. The van der Waals surface area contributed by atoms with Crippen LogP contribution in [0.3, 0.4) is 0 Å². The van der Waals surface area contributed by atoms with Crippen molar-refractivity contribution < 1.29 is 10.0 Å². The summed E-state index contributed by atoms with van der Waals surface area (Å²) < 4.78 is 0.605. The molecule has 4 N–H and O–H groups in total. The van der Waals surface area contributed by atoms with Crippen molar-refractivity contribution in [3.63, 3.8) is 0 Å². The third-order valence-electron chi connectivity index (χ3n) is 1.47. The first-order chi connectivity index (χ1) is 5.66. The number of pyridine rings is 1. The Labute approximate surface area is 78.7 Å². The quantitative estimate of drug-likeness (QED) is 0.569. The van der Waals surface area contributed by atoms with E-state index in [1.54, 1.807) is 12.3 Å². The number of aromatic nitrogens is 1. The van der Waals surface area contributed by atoms with Gasteiger partial charge in [0.05, 0.1) is 5.69 Å². The average molecular weight is 231 g/mol. The van der Waals surface area contributed by atoms with E-state index in [2.05, 4.69) is 20.9 Å². The molecule has 1 heterocycles. The minimum absolute atomic E-state index is 0.187. The van der Waals surface area contributed by atoms with Gasteiger partial charge in [0.25, 0.3) is 0 Å². The molecule has 6 heteroatoms. The SMILES string of the molecule is NCc1nccc(Br)c1B(O)O. The van der Waals surface area contributed by atoms with Gasteiger partial charge in [-0.3, -0.25) is 4.98 Å². The Bertz CT molecular complexity index is 282. The predicted octanol–water partition coefficient (Wildman–Crippen LogP) is -1.02. The first-order valence-corrected chi connectivity index (χ1v) is 4.15. The Balaban J connectivity index is 3.20. The number of halogens is 1. The molecule has 0 aliphatic rings. The Morgan fingerprint density at radius 1 is 1.58 bits per heavy atom. The number of rotatable bonds is 2. The van der Waals surface area contributed by atoms with Crippen molar-refractivity contribution in [3.8, 4) is 0 Å². The van der Waals surface area contributed by atoms with Crippen LogP contribution in [0.5, 0.6) is 0 Å². The minimum atomic E-state index is -1.54. The molecule has 0 amide bonds. The van der Waals surface area contributed by atoms with Crippen molar-refractivity contribution in [1.29, 1.82) is 0 Å². The van der Waals surface area contributed by atoms with Crippen LogP contribution in [0.1, 0.15) is 5.69 Å². The van der Waals surface area contributed by atoms with Crippen LogP contribution in [-0.2, 0) is 6.54 Å². The van der Waals surface area contributed by atoms with E-state index in [0.717, 1.165) is 0 Å². The first kappa shape index (κ1) is 9.66. The number of hydrogen-bond donors (Lipinski definition) is 3. The van der Waals surface area contributed by atoms with Crippen molar-refractivity contribution >= 4 is 28.5 Å². The summed E-state index contributed by atoms with van der Waals surface area (Å²) in [5.74, 6) is 0. The molecule has 0 atom stereocenters. The molecule has 1 aromatic heterocycles. The normalized spacial score (nSPS) is 10.0. The van der Waals surface area contributed by atoms with E-state index < -0.39 is 7.12 Å². The number of hydrogen-bond acceptors (Lipinski definition) is 4. The van der Waals surface area contributed by atoms with Gasteiger partial charge in [-0.1, -0.05) is 15.9 Å². The Kier molecular flexibility index (Phi) is 3.22. The fourth-order valence-electron chi connectivity index (χ4n) is 0.925. The van der Waals surface area contributed by atoms with Crippen molar-refractivity contribution in [1.82, 2.24) is 4.98 Å². The fourth-order valence-corrected chi connectivity index (χ4v) is 1.48. The number of nitrogens with two attached hydrogens (primary N) is 1. The lowest BCUT2D eigenvalue weighted by molar-refractivity contribution is 0.425. The lowest BCUT2D eigenvalue weighted by atomic mass is 9.79. The summed E-state index contributed by atoms with van der Waals surface area (Å²) in [5, 5.41) is 17.9. The van der Waals surface area contributed by atoms with Gasteiger partial charge in [0.15, 0.2) is 0 Å². The van der Waals surface area contributed by atoms with Crippen LogP contribution >= 0.6 is 15.9 Å². The van der Waals surface area contributed by atoms with Crippen LogP contribution in [0.25, 0.3) is 0 Å². The monoisotopic (exact) mass is 230 g/mol. The topological polar surface area (TPSA) is 79.4 Å². The van der Waals surface area contributed by atoms with Gasteiger partial charge < -0.3 is 15.8 Å². The number of nitrogens with zero attached hydrogens (tertiary/aromatic N) is 1. The van der Waals surface area contributed by atoms with Gasteiger partial charge in [-0.05, 0) is 6.07 Å². The summed E-state index contributed by atoms with van der Waals surface area (Å²) in [5.41, 5.74) is 6.17. The maximum absolute atomic E-state index is 8.95. The van der Waals surface area contributed by atoms with E-state index in [-0.39, 0.29) is 6.54 Å². The van der Waals surface area contributed by atoms with Crippen molar-refractivity contribution in [2.75, 3.05) is 0 Å². The van der Waals surface area contributed by atoms with Crippen LogP contribution in [0.2, 0.25) is 0 Å². The van der Waals surface area contributed by atoms with Crippen molar-refractivity contribution in [2.24, 2.45) is 5.73 Å². The molecule has 4 nitrogen and oxygen atoms in total. The molecule has 0 aromatic carbocycles. The zero-order valence-electron chi connectivity index (χ0n) is 6.24. The molecule has 0 radical (unpaired) electrons. The van der Waals surface area contributed by atoms with Gasteiger partial charge in [0, 0.05) is 22.7 Å². The first-order valence-electron chi connectivity index (χ1n) is 3.36. The van der Waals surface area contributed by atoms with Crippen LogP contribution in [-0.4, -0.2) is 22.2 Å². The summed E-state index contributed by atoms with van der Waals surface area (Å²) in [7, 11) is -1.54. The zero-order chi connectivity index (χ0) is 9.14. The molecule has 0 saturated carbocycles. The summed E-state index contributed by atoms with van der Waals surface area (Å²) in [6.45, 7) is 0.187. The lowest BCUT2D eigenvalue weighted by Crippen LogP contribution is -2.36. The molecular formula is C6H8BBrN2O2. The Morgan fingerprint density at radius 2 is 2.25 bits per heavy atom. The third kappa shape index (κ3) is 1.84. The summed E-state index contributed by atoms with van der Waals surface area (Å²) in [4.78, 5) is 3.90. The molecule has 1 aromatic rings. The van der Waals surface area contributed by atoms with Gasteiger partial charge in [-0.2, -0.15) is 0 Å². The van der Waals surface area contributed by atoms with Gasteiger partial charge in [-0.25, -0.2) is 0 Å².